The summed E-state index contributed by atoms with van der Waals surface area (Å²) < 4.78 is 0. The highest BCUT2D eigenvalue weighted by atomic mass is 35.5. The van der Waals surface area contributed by atoms with E-state index in [-0.39, 0.29) is 29.8 Å². The number of nitrogens with zero attached hydrogens (tertiary/aromatic N) is 1. The Labute approximate surface area is 105 Å². The van der Waals surface area contributed by atoms with Crippen molar-refractivity contribution in [2.45, 2.75) is 46.6 Å². The molecule has 0 radical (unpaired) electrons. The van der Waals surface area contributed by atoms with Crippen LogP contribution < -0.4 is 5.73 Å². The van der Waals surface area contributed by atoms with E-state index >= 15 is 0 Å². The number of piperidine rings is 1. The van der Waals surface area contributed by atoms with Crippen LogP contribution in [0, 0.1) is 11.3 Å². The molecular weight excluding hydrogens is 224 g/mol. The van der Waals surface area contributed by atoms with Gasteiger partial charge in [-0.05, 0) is 17.8 Å². The molecule has 1 unspecified atom stereocenters. The number of likely N-dealkylation sites (tertiary alicyclic amines) is 1. The van der Waals surface area contributed by atoms with E-state index in [0.29, 0.717) is 12.3 Å². The summed E-state index contributed by atoms with van der Waals surface area (Å²) in [5.74, 6) is 0.723. The molecule has 4 heteroatoms. The van der Waals surface area contributed by atoms with E-state index in [2.05, 4.69) is 27.7 Å². The van der Waals surface area contributed by atoms with Gasteiger partial charge in [0.25, 0.3) is 0 Å². The third kappa shape index (κ3) is 3.95. The highest BCUT2D eigenvalue weighted by Crippen LogP contribution is 2.28. The zero-order chi connectivity index (χ0) is 11.6. The monoisotopic (exact) mass is 248 g/mol. The van der Waals surface area contributed by atoms with E-state index in [9.17, 15) is 4.79 Å². The minimum Gasteiger partial charge on any atom is -0.342 e. The second-order valence-electron chi connectivity index (χ2n) is 5.80. The van der Waals surface area contributed by atoms with Crippen molar-refractivity contribution >= 4 is 18.3 Å². The first-order valence-corrected chi connectivity index (χ1v) is 5.86. The Morgan fingerprint density at radius 1 is 1.50 bits per heavy atom. The van der Waals surface area contributed by atoms with Crippen molar-refractivity contribution in [3.05, 3.63) is 0 Å². The Kier molecular flexibility index (Phi) is 5.77. The molecule has 1 rings (SSSR count). The lowest BCUT2D eigenvalue weighted by atomic mass is 9.79. The lowest BCUT2D eigenvalue weighted by Crippen LogP contribution is -2.54. The van der Waals surface area contributed by atoms with E-state index in [1.54, 1.807) is 0 Å². The number of hydrogen-bond acceptors (Lipinski definition) is 2. The number of nitrogens with two attached hydrogens (primary N) is 1. The summed E-state index contributed by atoms with van der Waals surface area (Å²) in [4.78, 5) is 13.9. The molecule has 1 aliphatic heterocycles. The molecule has 0 aliphatic carbocycles. The maximum Gasteiger partial charge on any atom is 0.222 e. The molecule has 0 aromatic rings. The van der Waals surface area contributed by atoms with E-state index < -0.39 is 0 Å². The third-order valence-corrected chi connectivity index (χ3v) is 3.25. The molecule has 0 aromatic heterocycles. The third-order valence-electron chi connectivity index (χ3n) is 3.25. The van der Waals surface area contributed by atoms with Gasteiger partial charge in [0.15, 0.2) is 0 Å². The van der Waals surface area contributed by atoms with Gasteiger partial charge in [-0.25, -0.2) is 0 Å². The predicted molar refractivity (Wildman–Crippen MR) is 69.7 cm³/mol. The zero-order valence-electron chi connectivity index (χ0n) is 10.8. The molecule has 0 bridgehead atoms. The predicted octanol–water partition coefficient (Wildman–Crippen LogP) is 2.04. The quantitative estimate of drug-likeness (QED) is 0.813. The Hall–Kier alpha value is -0.280. The molecule has 0 aromatic carbocycles. The molecule has 1 amide bonds. The Balaban J connectivity index is 0.00000225. The lowest BCUT2D eigenvalue weighted by molar-refractivity contribution is -0.135. The van der Waals surface area contributed by atoms with Crippen LogP contribution in [0.5, 0.6) is 0 Å². The first-order valence-electron chi connectivity index (χ1n) is 5.86. The molecule has 1 heterocycles. The molecule has 3 nitrogen and oxygen atoms in total. The Bertz CT molecular complexity index is 241. The molecule has 0 spiro atoms. The fraction of sp³-hybridized carbons (Fsp3) is 0.917. The molecule has 1 aliphatic rings. The van der Waals surface area contributed by atoms with E-state index in [1.807, 2.05) is 4.90 Å². The second kappa shape index (κ2) is 5.87. The van der Waals surface area contributed by atoms with E-state index in [1.165, 1.54) is 0 Å². The van der Waals surface area contributed by atoms with Crippen LogP contribution >= 0.6 is 12.4 Å². The van der Waals surface area contributed by atoms with E-state index in [4.69, 9.17) is 5.73 Å². The van der Waals surface area contributed by atoms with Gasteiger partial charge >= 0.3 is 0 Å². The van der Waals surface area contributed by atoms with Gasteiger partial charge in [-0.2, -0.15) is 0 Å². The summed E-state index contributed by atoms with van der Waals surface area (Å²) >= 11 is 0. The molecule has 1 atom stereocenters. The van der Waals surface area contributed by atoms with Gasteiger partial charge in [0.05, 0.1) is 0 Å². The average molecular weight is 249 g/mol. The molecule has 1 fully saturated rings. The highest BCUT2D eigenvalue weighted by Gasteiger charge is 2.35. The number of carbonyl (C=O) groups is 1. The Morgan fingerprint density at radius 2 is 2.06 bits per heavy atom. The van der Waals surface area contributed by atoms with Gasteiger partial charge in [-0.1, -0.05) is 27.7 Å². The van der Waals surface area contributed by atoms with Gasteiger partial charge in [-0.3, -0.25) is 4.79 Å². The molecule has 2 N–H and O–H groups in total. The number of amides is 1. The van der Waals surface area contributed by atoms with Crippen molar-refractivity contribution in [1.29, 1.82) is 0 Å². The number of carbonyl (C=O) groups excluding carboxylic acids is 1. The molecule has 0 saturated carbocycles. The SMILES string of the molecule is CC(C)CC(=O)N1CCC(N)C(C)(C)C1.Cl. The van der Waals surface area contributed by atoms with Crippen molar-refractivity contribution in [1.82, 2.24) is 4.90 Å². The maximum atomic E-state index is 11.9. The van der Waals surface area contributed by atoms with Crippen LogP contribution in [-0.4, -0.2) is 29.9 Å². The van der Waals surface area contributed by atoms with Gasteiger partial charge < -0.3 is 10.6 Å². The topological polar surface area (TPSA) is 46.3 Å². The van der Waals surface area contributed by atoms with Crippen LogP contribution in [-0.2, 0) is 4.79 Å². The van der Waals surface area contributed by atoms with Gasteiger partial charge in [0.1, 0.15) is 0 Å². The summed E-state index contributed by atoms with van der Waals surface area (Å²) in [5, 5.41) is 0. The maximum absolute atomic E-state index is 11.9. The van der Waals surface area contributed by atoms with Crippen molar-refractivity contribution < 1.29 is 4.79 Å². The minimum absolute atomic E-state index is 0. The molecule has 1 saturated heterocycles. The van der Waals surface area contributed by atoms with Crippen LogP contribution in [0.25, 0.3) is 0 Å². The van der Waals surface area contributed by atoms with Crippen LogP contribution in [0.15, 0.2) is 0 Å². The molecule has 96 valence electrons. The summed E-state index contributed by atoms with van der Waals surface area (Å²) in [7, 11) is 0. The van der Waals surface area contributed by atoms with Gasteiger partial charge in [0, 0.05) is 25.6 Å². The van der Waals surface area contributed by atoms with Crippen LogP contribution in [0.2, 0.25) is 0 Å². The van der Waals surface area contributed by atoms with Gasteiger partial charge in [-0.15, -0.1) is 12.4 Å². The zero-order valence-corrected chi connectivity index (χ0v) is 11.6. The summed E-state index contributed by atoms with van der Waals surface area (Å²) in [6, 6.07) is 0.223. The minimum atomic E-state index is 0. The summed E-state index contributed by atoms with van der Waals surface area (Å²) in [5.41, 5.74) is 6.10. The number of hydrogen-bond donors (Lipinski definition) is 1. The first-order chi connectivity index (χ1) is 6.83. The van der Waals surface area contributed by atoms with Crippen molar-refractivity contribution in [2.75, 3.05) is 13.1 Å². The van der Waals surface area contributed by atoms with Crippen LogP contribution in [0.4, 0.5) is 0 Å². The van der Waals surface area contributed by atoms with Crippen molar-refractivity contribution in [2.24, 2.45) is 17.1 Å². The first kappa shape index (κ1) is 15.7. The fourth-order valence-electron chi connectivity index (χ4n) is 2.07. The van der Waals surface area contributed by atoms with Gasteiger partial charge in [0.2, 0.25) is 5.91 Å². The largest absolute Gasteiger partial charge is 0.342 e. The fourth-order valence-corrected chi connectivity index (χ4v) is 2.07. The average Bonchev–Trinajstić information content (AvgIpc) is 2.08. The normalized spacial score (nSPS) is 24.1. The second-order valence-corrected chi connectivity index (χ2v) is 5.80. The number of rotatable bonds is 2. The highest BCUT2D eigenvalue weighted by molar-refractivity contribution is 5.85. The molecule has 16 heavy (non-hydrogen) atoms. The smallest absolute Gasteiger partial charge is 0.222 e. The Morgan fingerprint density at radius 3 is 2.50 bits per heavy atom. The van der Waals surface area contributed by atoms with Crippen LogP contribution in [0.1, 0.15) is 40.5 Å². The van der Waals surface area contributed by atoms with Crippen molar-refractivity contribution in [3.8, 4) is 0 Å². The van der Waals surface area contributed by atoms with Crippen LogP contribution in [0.3, 0.4) is 0 Å². The summed E-state index contributed by atoms with van der Waals surface area (Å²) in [6.45, 7) is 10.1. The lowest BCUT2D eigenvalue weighted by Gasteiger charge is -2.42. The summed E-state index contributed by atoms with van der Waals surface area (Å²) in [6.07, 6.45) is 1.59. The molecular formula is C12H25ClN2O. The van der Waals surface area contributed by atoms with Crippen molar-refractivity contribution in [3.63, 3.8) is 0 Å². The number of halogens is 1. The van der Waals surface area contributed by atoms with E-state index in [0.717, 1.165) is 19.5 Å². The standard InChI is InChI=1S/C12H24N2O.ClH/c1-9(2)7-11(15)14-6-5-10(13)12(3,4)8-14;/h9-10H,5-8,13H2,1-4H3;1H.